The number of aromatic nitrogens is 2. The monoisotopic (exact) mass is 221 g/mol. The van der Waals surface area contributed by atoms with Gasteiger partial charge in [0.05, 0.1) is 11.4 Å². The van der Waals surface area contributed by atoms with Crippen LogP contribution in [0.1, 0.15) is 38.3 Å². The van der Waals surface area contributed by atoms with Crippen molar-refractivity contribution in [3.8, 4) is 0 Å². The van der Waals surface area contributed by atoms with E-state index in [0.717, 1.165) is 24.1 Å². The smallest absolute Gasteiger partial charge is 0.0824 e. The number of rotatable bonds is 3. The van der Waals surface area contributed by atoms with E-state index in [0.29, 0.717) is 0 Å². The summed E-state index contributed by atoms with van der Waals surface area (Å²) in [5.41, 5.74) is 2.30. The zero-order valence-corrected chi connectivity index (χ0v) is 10.7. The second-order valence-electron chi connectivity index (χ2n) is 5.32. The van der Waals surface area contributed by atoms with E-state index in [1.807, 2.05) is 11.7 Å². The second-order valence-corrected chi connectivity index (χ2v) is 5.32. The summed E-state index contributed by atoms with van der Waals surface area (Å²) in [6, 6.07) is 0. The first kappa shape index (κ1) is 11.5. The zero-order valence-electron chi connectivity index (χ0n) is 10.7. The number of hydrogen-bond acceptors (Lipinski definition) is 2. The van der Waals surface area contributed by atoms with Gasteiger partial charge >= 0.3 is 0 Å². The Labute approximate surface area is 98.2 Å². The summed E-state index contributed by atoms with van der Waals surface area (Å²) in [5, 5.41) is 7.88. The topological polar surface area (TPSA) is 29.9 Å². The molecular formula is C13H23N3. The van der Waals surface area contributed by atoms with Gasteiger partial charge in [0.1, 0.15) is 0 Å². The Balaban J connectivity index is 1.85. The van der Waals surface area contributed by atoms with Crippen molar-refractivity contribution in [2.24, 2.45) is 18.9 Å². The molecule has 0 amide bonds. The van der Waals surface area contributed by atoms with Crippen LogP contribution in [0, 0.1) is 18.8 Å². The quantitative estimate of drug-likeness (QED) is 0.850. The fourth-order valence-corrected chi connectivity index (χ4v) is 2.77. The first-order valence-electron chi connectivity index (χ1n) is 6.39. The van der Waals surface area contributed by atoms with Gasteiger partial charge in [-0.1, -0.05) is 19.8 Å². The molecule has 2 rings (SSSR count). The van der Waals surface area contributed by atoms with Crippen LogP contribution >= 0.6 is 0 Å². The fraction of sp³-hybridized carbons (Fsp3) is 0.769. The Morgan fingerprint density at radius 2 is 2.31 bits per heavy atom. The maximum atomic E-state index is 4.34. The highest BCUT2D eigenvalue weighted by Crippen LogP contribution is 2.28. The molecule has 2 unspecified atom stereocenters. The molecule has 2 atom stereocenters. The lowest BCUT2D eigenvalue weighted by molar-refractivity contribution is 0.293. The van der Waals surface area contributed by atoms with Gasteiger partial charge in [-0.05, 0) is 31.6 Å². The van der Waals surface area contributed by atoms with Crippen LogP contribution < -0.4 is 5.32 Å². The normalized spacial score (nSPS) is 25.7. The molecule has 1 heterocycles. The molecule has 1 aliphatic carbocycles. The van der Waals surface area contributed by atoms with E-state index >= 15 is 0 Å². The summed E-state index contributed by atoms with van der Waals surface area (Å²) in [6.45, 7) is 5.55. The molecule has 90 valence electrons. The lowest BCUT2D eigenvalue weighted by Gasteiger charge is -2.26. The van der Waals surface area contributed by atoms with Crippen molar-refractivity contribution in [3.63, 3.8) is 0 Å². The van der Waals surface area contributed by atoms with Crippen molar-refractivity contribution >= 4 is 5.69 Å². The Morgan fingerprint density at radius 1 is 1.50 bits per heavy atom. The van der Waals surface area contributed by atoms with Crippen molar-refractivity contribution < 1.29 is 0 Å². The molecule has 1 aliphatic rings. The summed E-state index contributed by atoms with van der Waals surface area (Å²) in [6.07, 6.45) is 7.66. The van der Waals surface area contributed by atoms with E-state index in [1.165, 1.54) is 31.4 Å². The predicted molar refractivity (Wildman–Crippen MR) is 67.6 cm³/mol. The van der Waals surface area contributed by atoms with Gasteiger partial charge in [0, 0.05) is 19.8 Å². The first-order chi connectivity index (χ1) is 7.65. The molecule has 1 fully saturated rings. The largest absolute Gasteiger partial charge is 0.382 e. The van der Waals surface area contributed by atoms with Crippen LogP contribution in [0.3, 0.4) is 0 Å². The third kappa shape index (κ3) is 2.77. The van der Waals surface area contributed by atoms with E-state index in [1.54, 1.807) is 0 Å². The number of anilines is 1. The SMILES string of the molecule is Cc1nn(C)cc1NCC1CCCC(C)C1. The number of hydrogen-bond donors (Lipinski definition) is 1. The highest BCUT2D eigenvalue weighted by Gasteiger charge is 2.18. The van der Waals surface area contributed by atoms with Gasteiger partial charge in [0.15, 0.2) is 0 Å². The minimum Gasteiger partial charge on any atom is -0.382 e. The Morgan fingerprint density at radius 3 is 2.94 bits per heavy atom. The van der Waals surface area contributed by atoms with Crippen LogP contribution in [-0.2, 0) is 7.05 Å². The number of aryl methyl sites for hydroxylation is 2. The van der Waals surface area contributed by atoms with Crippen LogP contribution in [0.4, 0.5) is 5.69 Å². The highest BCUT2D eigenvalue weighted by molar-refractivity contribution is 5.45. The molecule has 0 spiro atoms. The molecule has 3 heteroatoms. The maximum absolute atomic E-state index is 4.34. The highest BCUT2D eigenvalue weighted by atomic mass is 15.3. The van der Waals surface area contributed by atoms with Crippen LogP contribution in [0.25, 0.3) is 0 Å². The van der Waals surface area contributed by atoms with Crippen molar-refractivity contribution in [1.82, 2.24) is 9.78 Å². The van der Waals surface area contributed by atoms with E-state index in [9.17, 15) is 0 Å². The van der Waals surface area contributed by atoms with Gasteiger partial charge in [-0.2, -0.15) is 5.10 Å². The minimum absolute atomic E-state index is 0.850. The molecule has 16 heavy (non-hydrogen) atoms. The molecule has 0 bridgehead atoms. The summed E-state index contributed by atoms with van der Waals surface area (Å²) in [4.78, 5) is 0. The van der Waals surface area contributed by atoms with Crippen LogP contribution in [-0.4, -0.2) is 16.3 Å². The minimum atomic E-state index is 0.850. The van der Waals surface area contributed by atoms with E-state index in [4.69, 9.17) is 0 Å². The van der Waals surface area contributed by atoms with E-state index in [-0.39, 0.29) is 0 Å². The average Bonchev–Trinajstić information content (AvgIpc) is 2.54. The molecule has 1 N–H and O–H groups in total. The molecule has 0 radical (unpaired) electrons. The molecular weight excluding hydrogens is 198 g/mol. The van der Waals surface area contributed by atoms with Gasteiger partial charge in [0.2, 0.25) is 0 Å². The van der Waals surface area contributed by atoms with Crippen molar-refractivity contribution in [2.75, 3.05) is 11.9 Å². The van der Waals surface area contributed by atoms with Crippen LogP contribution in [0.2, 0.25) is 0 Å². The second kappa shape index (κ2) is 4.89. The van der Waals surface area contributed by atoms with Gasteiger partial charge < -0.3 is 5.32 Å². The maximum Gasteiger partial charge on any atom is 0.0824 e. The lowest BCUT2D eigenvalue weighted by Crippen LogP contribution is -2.21. The molecule has 0 aliphatic heterocycles. The molecule has 0 aromatic carbocycles. The average molecular weight is 221 g/mol. The zero-order chi connectivity index (χ0) is 11.5. The van der Waals surface area contributed by atoms with Gasteiger partial charge in [-0.25, -0.2) is 0 Å². The van der Waals surface area contributed by atoms with Crippen molar-refractivity contribution in [1.29, 1.82) is 0 Å². The van der Waals surface area contributed by atoms with Crippen LogP contribution in [0.15, 0.2) is 6.20 Å². The summed E-state index contributed by atoms with van der Waals surface area (Å²) >= 11 is 0. The van der Waals surface area contributed by atoms with Gasteiger partial charge in [-0.3, -0.25) is 4.68 Å². The number of nitrogens with one attached hydrogen (secondary N) is 1. The summed E-state index contributed by atoms with van der Waals surface area (Å²) in [5.74, 6) is 1.76. The molecule has 1 aromatic rings. The summed E-state index contributed by atoms with van der Waals surface area (Å²) < 4.78 is 1.88. The number of nitrogens with zero attached hydrogens (tertiary/aromatic N) is 2. The molecule has 1 aromatic heterocycles. The fourth-order valence-electron chi connectivity index (χ4n) is 2.77. The molecule has 3 nitrogen and oxygen atoms in total. The third-order valence-corrected chi connectivity index (χ3v) is 3.64. The Hall–Kier alpha value is -0.990. The van der Waals surface area contributed by atoms with Gasteiger partial charge in [-0.15, -0.1) is 0 Å². The van der Waals surface area contributed by atoms with Crippen molar-refractivity contribution in [2.45, 2.75) is 39.5 Å². The van der Waals surface area contributed by atoms with E-state index in [2.05, 4.69) is 30.5 Å². The van der Waals surface area contributed by atoms with Crippen LogP contribution in [0.5, 0.6) is 0 Å². The van der Waals surface area contributed by atoms with E-state index < -0.39 is 0 Å². The van der Waals surface area contributed by atoms with Gasteiger partial charge in [0.25, 0.3) is 0 Å². The summed E-state index contributed by atoms with van der Waals surface area (Å²) in [7, 11) is 1.97. The Kier molecular flexibility index (Phi) is 3.52. The third-order valence-electron chi connectivity index (χ3n) is 3.64. The molecule has 0 saturated heterocycles. The lowest BCUT2D eigenvalue weighted by atomic mass is 9.82. The predicted octanol–water partition coefficient (Wildman–Crippen LogP) is 2.97. The molecule has 1 saturated carbocycles. The first-order valence-corrected chi connectivity index (χ1v) is 6.39. The standard InChI is InChI=1S/C13H23N3/c1-10-5-4-6-12(7-10)8-14-13-9-16(3)15-11(13)2/h9-10,12,14H,4-8H2,1-3H3. The Bertz CT molecular complexity index is 343. The van der Waals surface area contributed by atoms with Crippen molar-refractivity contribution in [3.05, 3.63) is 11.9 Å².